The molecule has 0 spiro atoms. The maximum Gasteiger partial charge on any atom is 0.348 e. The summed E-state index contributed by atoms with van der Waals surface area (Å²) in [6.45, 7) is 5.65. The van der Waals surface area contributed by atoms with E-state index in [0.717, 1.165) is 5.69 Å². The first kappa shape index (κ1) is 18.9. The molecule has 2 N–H and O–H groups in total. The quantitative estimate of drug-likeness (QED) is 0.627. The number of esters is 1. The van der Waals surface area contributed by atoms with Crippen molar-refractivity contribution in [2.75, 3.05) is 19.0 Å². The molecule has 2 heterocycles. The van der Waals surface area contributed by atoms with Crippen LogP contribution in [0.15, 0.2) is 29.1 Å². The number of nitrogens with zero attached hydrogens (tertiary/aromatic N) is 1. The highest BCUT2D eigenvalue weighted by molar-refractivity contribution is 7.20. The molecule has 1 aromatic carbocycles. The zero-order valence-corrected chi connectivity index (χ0v) is 16.4. The van der Waals surface area contributed by atoms with E-state index in [4.69, 9.17) is 9.47 Å². The average molecular weight is 387 g/mol. The summed E-state index contributed by atoms with van der Waals surface area (Å²) in [6, 6.07) is 7.24. The lowest BCUT2D eigenvalue weighted by Crippen LogP contribution is -2.17. The van der Waals surface area contributed by atoms with Crippen molar-refractivity contribution in [1.29, 1.82) is 0 Å². The van der Waals surface area contributed by atoms with Crippen LogP contribution in [0.4, 0.5) is 5.69 Å². The number of carbonyl (C=O) groups is 1. The Kier molecular flexibility index (Phi) is 5.46. The zero-order valence-electron chi connectivity index (χ0n) is 15.6. The van der Waals surface area contributed by atoms with Gasteiger partial charge in [0, 0.05) is 0 Å². The summed E-state index contributed by atoms with van der Waals surface area (Å²) in [5, 5.41) is 3.72. The fourth-order valence-electron chi connectivity index (χ4n) is 2.82. The average Bonchev–Trinajstić information content (AvgIpc) is 2.99. The predicted octanol–water partition coefficient (Wildman–Crippen LogP) is 3.65. The Balaban J connectivity index is 1.98. The zero-order chi connectivity index (χ0) is 19.6. The third-order valence-corrected chi connectivity index (χ3v) is 5.33. The van der Waals surface area contributed by atoms with Crippen molar-refractivity contribution < 1.29 is 14.3 Å². The number of ether oxygens (including phenoxy) is 2. The molecule has 0 aliphatic rings. The lowest BCUT2D eigenvalue weighted by molar-refractivity contribution is 0.0531. The van der Waals surface area contributed by atoms with Crippen molar-refractivity contribution in [1.82, 2.24) is 9.97 Å². The summed E-state index contributed by atoms with van der Waals surface area (Å²) in [5.41, 5.74) is 1.12. The predicted molar refractivity (Wildman–Crippen MR) is 106 cm³/mol. The van der Waals surface area contributed by atoms with E-state index >= 15 is 0 Å². The molecule has 0 radical (unpaired) electrons. The van der Waals surface area contributed by atoms with Crippen molar-refractivity contribution in [2.45, 2.75) is 26.8 Å². The monoisotopic (exact) mass is 387 g/mol. The number of hydrogen-bond donors (Lipinski definition) is 2. The number of benzene rings is 1. The number of nitrogens with one attached hydrogen (secondary N) is 2. The van der Waals surface area contributed by atoms with Gasteiger partial charge in [-0.05, 0) is 38.5 Å². The van der Waals surface area contributed by atoms with Crippen molar-refractivity contribution in [3.05, 3.63) is 50.9 Å². The van der Waals surface area contributed by atoms with Gasteiger partial charge in [-0.1, -0.05) is 12.1 Å². The van der Waals surface area contributed by atoms with E-state index in [-0.39, 0.29) is 18.2 Å². The second kappa shape index (κ2) is 7.79. The molecule has 0 aliphatic heterocycles. The van der Waals surface area contributed by atoms with E-state index < -0.39 is 5.97 Å². The van der Waals surface area contributed by atoms with E-state index in [2.05, 4.69) is 15.3 Å². The minimum absolute atomic E-state index is 0.270. The van der Waals surface area contributed by atoms with E-state index in [9.17, 15) is 9.59 Å². The minimum atomic E-state index is -0.431. The van der Waals surface area contributed by atoms with Crippen molar-refractivity contribution in [3.8, 4) is 5.75 Å². The first-order valence-electron chi connectivity index (χ1n) is 8.56. The molecular weight excluding hydrogens is 366 g/mol. The van der Waals surface area contributed by atoms with Crippen molar-refractivity contribution in [2.24, 2.45) is 0 Å². The molecule has 2 aromatic heterocycles. The lowest BCUT2D eigenvalue weighted by Gasteiger charge is -2.16. The minimum Gasteiger partial charge on any atom is -0.495 e. The molecule has 0 saturated carbocycles. The number of fused-ring (bicyclic) bond motifs is 1. The number of hydrogen-bond acceptors (Lipinski definition) is 7. The molecule has 3 aromatic rings. The van der Waals surface area contributed by atoms with Crippen LogP contribution in [0.25, 0.3) is 10.2 Å². The van der Waals surface area contributed by atoms with Crippen molar-refractivity contribution in [3.63, 3.8) is 0 Å². The van der Waals surface area contributed by atoms with E-state index in [0.29, 0.717) is 32.2 Å². The Morgan fingerprint density at radius 1 is 1.37 bits per heavy atom. The molecule has 1 atom stereocenters. The van der Waals surface area contributed by atoms with Gasteiger partial charge in [0.15, 0.2) is 0 Å². The van der Waals surface area contributed by atoms with Crippen LogP contribution in [0, 0.1) is 6.92 Å². The molecule has 0 aliphatic carbocycles. The number of aryl methyl sites for hydroxylation is 1. The summed E-state index contributed by atoms with van der Waals surface area (Å²) in [6.07, 6.45) is 0. The number of methoxy groups -OCH3 is 1. The van der Waals surface area contributed by atoms with Crippen LogP contribution in [-0.4, -0.2) is 29.7 Å². The van der Waals surface area contributed by atoms with Gasteiger partial charge < -0.3 is 19.8 Å². The van der Waals surface area contributed by atoms with Gasteiger partial charge in [-0.25, -0.2) is 9.78 Å². The molecule has 0 amide bonds. The highest BCUT2D eigenvalue weighted by Gasteiger charge is 2.21. The Bertz CT molecular complexity index is 1040. The van der Waals surface area contributed by atoms with Gasteiger partial charge in [0.1, 0.15) is 21.3 Å². The molecule has 7 nitrogen and oxygen atoms in total. The highest BCUT2D eigenvalue weighted by Crippen LogP contribution is 2.30. The number of aromatic amines is 1. The van der Waals surface area contributed by atoms with Crippen LogP contribution in [-0.2, 0) is 4.74 Å². The fraction of sp³-hybridized carbons (Fsp3) is 0.316. The standard InChI is InChI=1S/C19H21N3O4S/c1-5-26-19(24)15-10(2)14-17(23)21-16(22-18(14)27-15)11(3)20-12-8-6-7-9-13(12)25-4/h6-9,11,20H,5H2,1-4H3,(H,21,22,23)/t11-/m1/s1. The molecule has 0 fully saturated rings. The number of carbonyl (C=O) groups excluding carboxylic acids is 1. The van der Waals surface area contributed by atoms with Crippen LogP contribution < -0.4 is 15.6 Å². The van der Waals surface area contributed by atoms with Crippen LogP contribution in [0.1, 0.15) is 40.9 Å². The molecule has 27 heavy (non-hydrogen) atoms. The molecule has 0 unspecified atom stereocenters. The van der Waals surface area contributed by atoms with Crippen LogP contribution in [0.5, 0.6) is 5.75 Å². The first-order valence-corrected chi connectivity index (χ1v) is 9.37. The summed E-state index contributed by atoms with van der Waals surface area (Å²) >= 11 is 1.17. The van der Waals surface area contributed by atoms with E-state index in [1.165, 1.54) is 11.3 Å². The van der Waals surface area contributed by atoms with Crippen LogP contribution >= 0.6 is 11.3 Å². The van der Waals surface area contributed by atoms with Crippen LogP contribution in [0.3, 0.4) is 0 Å². The number of para-hydroxylation sites is 2. The summed E-state index contributed by atoms with van der Waals surface area (Å²) < 4.78 is 10.4. The Hall–Kier alpha value is -2.87. The molecule has 8 heteroatoms. The van der Waals surface area contributed by atoms with Gasteiger partial charge in [0.05, 0.1) is 30.8 Å². The van der Waals surface area contributed by atoms with Gasteiger partial charge in [-0.15, -0.1) is 11.3 Å². The Labute approximate surface area is 160 Å². The summed E-state index contributed by atoms with van der Waals surface area (Å²) in [7, 11) is 1.60. The summed E-state index contributed by atoms with van der Waals surface area (Å²) in [4.78, 5) is 33.0. The maximum absolute atomic E-state index is 12.6. The molecule has 0 saturated heterocycles. The number of rotatable bonds is 6. The molecular formula is C19H21N3O4S. The largest absolute Gasteiger partial charge is 0.495 e. The smallest absolute Gasteiger partial charge is 0.348 e. The number of aromatic nitrogens is 2. The fourth-order valence-corrected chi connectivity index (χ4v) is 3.91. The third kappa shape index (κ3) is 3.66. The van der Waals surface area contributed by atoms with Gasteiger partial charge in [0.2, 0.25) is 0 Å². The number of H-pyrrole nitrogens is 1. The highest BCUT2D eigenvalue weighted by atomic mass is 32.1. The van der Waals surface area contributed by atoms with Crippen LogP contribution in [0.2, 0.25) is 0 Å². The third-order valence-electron chi connectivity index (χ3n) is 4.17. The van der Waals surface area contributed by atoms with Gasteiger partial charge in [-0.2, -0.15) is 0 Å². The van der Waals surface area contributed by atoms with Crippen molar-refractivity contribution >= 4 is 33.2 Å². The normalized spacial score (nSPS) is 12.0. The molecule has 3 rings (SSSR count). The van der Waals surface area contributed by atoms with E-state index in [1.807, 2.05) is 31.2 Å². The van der Waals surface area contributed by atoms with E-state index in [1.54, 1.807) is 21.0 Å². The SMILES string of the molecule is CCOC(=O)c1sc2nc([C@@H](C)Nc3ccccc3OC)[nH]c(=O)c2c1C. The lowest BCUT2D eigenvalue weighted by atomic mass is 10.2. The number of thiophene rings is 1. The second-order valence-electron chi connectivity index (χ2n) is 5.97. The first-order chi connectivity index (χ1) is 13.0. The van der Waals surface area contributed by atoms with Gasteiger partial charge in [0.25, 0.3) is 5.56 Å². The summed E-state index contributed by atoms with van der Waals surface area (Å²) in [5.74, 6) is 0.749. The second-order valence-corrected chi connectivity index (χ2v) is 6.97. The Morgan fingerprint density at radius 2 is 2.11 bits per heavy atom. The Morgan fingerprint density at radius 3 is 2.81 bits per heavy atom. The molecule has 0 bridgehead atoms. The number of anilines is 1. The molecule has 142 valence electrons. The maximum atomic E-state index is 12.6. The topological polar surface area (TPSA) is 93.3 Å². The van der Waals surface area contributed by atoms with Gasteiger partial charge >= 0.3 is 5.97 Å². The van der Waals surface area contributed by atoms with Gasteiger partial charge in [-0.3, -0.25) is 4.79 Å².